The first kappa shape index (κ1) is 16.8. The lowest BCUT2D eigenvalue weighted by Gasteiger charge is -2.16. The van der Waals surface area contributed by atoms with Crippen LogP contribution in [0.3, 0.4) is 0 Å². The van der Waals surface area contributed by atoms with Gasteiger partial charge in [-0.3, -0.25) is 9.48 Å². The van der Waals surface area contributed by atoms with E-state index in [1.807, 2.05) is 36.7 Å². The lowest BCUT2D eigenvalue weighted by Crippen LogP contribution is -2.31. The van der Waals surface area contributed by atoms with Crippen LogP contribution in [0.15, 0.2) is 42.7 Å². The first-order valence-electron chi connectivity index (χ1n) is 8.13. The van der Waals surface area contributed by atoms with Gasteiger partial charge in [0.1, 0.15) is 6.54 Å². The molecule has 25 heavy (non-hydrogen) atoms. The lowest BCUT2D eigenvalue weighted by atomic mass is 10.2. The zero-order valence-corrected chi connectivity index (χ0v) is 14.1. The van der Waals surface area contributed by atoms with Crippen molar-refractivity contribution in [2.45, 2.75) is 33.0 Å². The zero-order chi connectivity index (χ0) is 18.0. The van der Waals surface area contributed by atoms with Gasteiger partial charge in [0.2, 0.25) is 5.91 Å². The molecule has 2 aromatic heterocycles. The van der Waals surface area contributed by atoms with Gasteiger partial charge in [-0.2, -0.15) is 5.10 Å². The van der Waals surface area contributed by atoms with E-state index >= 15 is 0 Å². The molecular formula is C18H20N4O3. The molecule has 0 radical (unpaired) electrons. The molecule has 1 aromatic carbocycles. The Kier molecular flexibility index (Phi) is 4.56. The molecule has 3 aromatic rings. The van der Waals surface area contributed by atoms with Crippen LogP contribution in [-0.4, -0.2) is 31.3 Å². The summed E-state index contributed by atoms with van der Waals surface area (Å²) in [5.41, 5.74) is 1.85. The maximum absolute atomic E-state index is 12.4. The highest BCUT2D eigenvalue weighted by Gasteiger charge is 2.17. The summed E-state index contributed by atoms with van der Waals surface area (Å²) in [5.74, 6) is -1.19. The Morgan fingerprint density at radius 2 is 2.04 bits per heavy atom. The summed E-state index contributed by atoms with van der Waals surface area (Å²) >= 11 is 0. The molecule has 0 aliphatic rings. The molecule has 3 rings (SSSR count). The van der Waals surface area contributed by atoms with Gasteiger partial charge < -0.3 is 15.0 Å². The first-order valence-corrected chi connectivity index (χ1v) is 8.13. The van der Waals surface area contributed by atoms with E-state index in [9.17, 15) is 14.7 Å². The van der Waals surface area contributed by atoms with Gasteiger partial charge in [0.05, 0.1) is 17.3 Å². The van der Waals surface area contributed by atoms with Crippen LogP contribution in [0.1, 0.15) is 35.9 Å². The number of carboxylic acid groups (broad SMARTS) is 1. The summed E-state index contributed by atoms with van der Waals surface area (Å²) in [5, 5.41) is 17.1. The van der Waals surface area contributed by atoms with Crippen LogP contribution in [0.5, 0.6) is 0 Å². The van der Waals surface area contributed by atoms with Gasteiger partial charge in [-0.1, -0.05) is 18.2 Å². The Balaban J connectivity index is 1.79. The molecule has 0 fully saturated rings. The minimum absolute atomic E-state index is 0.0540. The number of para-hydroxylation sites is 1. The molecule has 1 amide bonds. The normalized spacial score (nSPS) is 12.2. The van der Waals surface area contributed by atoms with Crippen molar-refractivity contribution in [1.29, 1.82) is 0 Å². The van der Waals surface area contributed by atoms with Crippen LogP contribution in [-0.2, 0) is 17.9 Å². The molecule has 0 bridgehead atoms. The van der Waals surface area contributed by atoms with Crippen molar-refractivity contribution in [2.24, 2.45) is 0 Å². The average Bonchev–Trinajstić information content (AvgIpc) is 3.19. The molecule has 1 unspecified atom stereocenters. The Morgan fingerprint density at radius 1 is 1.28 bits per heavy atom. The van der Waals surface area contributed by atoms with Crippen molar-refractivity contribution in [3.05, 3.63) is 54.0 Å². The lowest BCUT2D eigenvalue weighted by molar-refractivity contribution is -0.122. The smallest absolute Gasteiger partial charge is 0.337 e. The number of nitrogens with one attached hydrogen (secondary N) is 1. The van der Waals surface area contributed by atoms with Gasteiger partial charge in [-0.15, -0.1) is 0 Å². The number of fused-ring (bicyclic) bond motifs is 1. The number of carboxylic acids is 1. The number of carbonyl (C=O) groups excluding carboxylic acids is 1. The largest absolute Gasteiger partial charge is 0.478 e. The molecule has 0 saturated carbocycles. The van der Waals surface area contributed by atoms with Crippen LogP contribution in [0, 0.1) is 0 Å². The Labute approximate surface area is 144 Å². The second-order valence-electron chi connectivity index (χ2n) is 5.85. The predicted molar refractivity (Wildman–Crippen MR) is 93.4 cm³/mol. The monoisotopic (exact) mass is 340 g/mol. The molecule has 0 aliphatic carbocycles. The van der Waals surface area contributed by atoms with E-state index in [2.05, 4.69) is 10.4 Å². The van der Waals surface area contributed by atoms with Crippen molar-refractivity contribution in [3.63, 3.8) is 0 Å². The van der Waals surface area contributed by atoms with Crippen molar-refractivity contribution < 1.29 is 14.7 Å². The minimum Gasteiger partial charge on any atom is -0.478 e. The fourth-order valence-electron chi connectivity index (χ4n) is 3.04. The van der Waals surface area contributed by atoms with Crippen LogP contribution in [0.4, 0.5) is 0 Å². The van der Waals surface area contributed by atoms with E-state index in [-0.39, 0.29) is 24.1 Å². The second-order valence-corrected chi connectivity index (χ2v) is 5.85. The molecule has 0 saturated heterocycles. The number of rotatable bonds is 6. The summed E-state index contributed by atoms with van der Waals surface area (Å²) in [6.07, 6.45) is 3.22. The van der Waals surface area contributed by atoms with E-state index in [0.29, 0.717) is 5.39 Å². The third-order valence-electron chi connectivity index (χ3n) is 4.20. The molecule has 2 N–H and O–H groups in total. The van der Waals surface area contributed by atoms with Crippen molar-refractivity contribution >= 4 is 22.8 Å². The summed E-state index contributed by atoms with van der Waals surface area (Å²) in [4.78, 5) is 23.8. The standard InChI is InChI=1S/C18H20N4O3/c1-3-22-15(8-9-19-22)12(2)20-17(23)11-21-10-14(18(24)25)13-6-4-5-7-16(13)21/h4-10,12H,3,11H2,1-2H3,(H,20,23)(H,24,25). The average molecular weight is 340 g/mol. The Morgan fingerprint density at radius 3 is 2.76 bits per heavy atom. The van der Waals surface area contributed by atoms with Crippen LogP contribution >= 0.6 is 0 Å². The maximum atomic E-state index is 12.4. The molecule has 0 aliphatic heterocycles. The number of aromatic carboxylic acids is 1. The van der Waals surface area contributed by atoms with Gasteiger partial charge >= 0.3 is 5.97 Å². The maximum Gasteiger partial charge on any atom is 0.337 e. The van der Waals surface area contributed by atoms with Crippen LogP contribution in [0.2, 0.25) is 0 Å². The van der Waals surface area contributed by atoms with Gasteiger partial charge in [-0.25, -0.2) is 4.79 Å². The number of carbonyl (C=O) groups is 2. The number of benzene rings is 1. The number of amides is 1. The highest BCUT2D eigenvalue weighted by Crippen LogP contribution is 2.21. The summed E-state index contributed by atoms with van der Waals surface area (Å²) in [6, 6.07) is 8.86. The molecule has 1 atom stereocenters. The number of aryl methyl sites for hydroxylation is 1. The summed E-state index contributed by atoms with van der Waals surface area (Å²) in [7, 11) is 0. The molecule has 0 spiro atoms. The highest BCUT2D eigenvalue weighted by molar-refractivity contribution is 6.03. The molecule has 7 nitrogen and oxygen atoms in total. The molecule has 7 heteroatoms. The van der Waals surface area contributed by atoms with Gasteiger partial charge in [0.15, 0.2) is 0 Å². The number of nitrogens with zero attached hydrogens (tertiary/aromatic N) is 3. The quantitative estimate of drug-likeness (QED) is 0.721. The van der Waals surface area contributed by atoms with Crippen molar-refractivity contribution in [3.8, 4) is 0 Å². The number of aromatic nitrogens is 3. The fraction of sp³-hybridized carbons (Fsp3) is 0.278. The highest BCUT2D eigenvalue weighted by atomic mass is 16.4. The predicted octanol–water partition coefficient (Wildman–Crippen LogP) is 2.43. The van der Waals surface area contributed by atoms with Gasteiger partial charge in [0.25, 0.3) is 0 Å². The number of hydrogen-bond acceptors (Lipinski definition) is 3. The summed E-state index contributed by atoms with van der Waals surface area (Å²) in [6.45, 7) is 4.67. The van der Waals surface area contributed by atoms with Crippen LogP contribution in [0.25, 0.3) is 10.9 Å². The third-order valence-corrected chi connectivity index (χ3v) is 4.20. The summed E-state index contributed by atoms with van der Waals surface area (Å²) < 4.78 is 3.50. The first-order chi connectivity index (χ1) is 12.0. The minimum atomic E-state index is -1.00. The van der Waals surface area contributed by atoms with E-state index < -0.39 is 5.97 Å². The van der Waals surface area contributed by atoms with Crippen molar-refractivity contribution in [2.75, 3.05) is 0 Å². The van der Waals surface area contributed by atoms with Crippen LogP contribution < -0.4 is 5.32 Å². The molecule has 130 valence electrons. The zero-order valence-electron chi connectivity index (χ0n) is 14.1. The Bertz CT molecular complexity index is 925. The fourth-order valence-corrected chi connectivity index (χ4v) is 3.04. The van der Waals surface area contributed by atoms with E-state index in [1.165, 1.54) is 6.20 Å². The molecular weight excluding hydrogens is 320 g/mol. The molecule has 2 heterocycles. The van der Waals surface area contributed by atoms with Crippen molar-refractivity contribution in [1.82, 2.24) is 19.7 Å². The topological polar surface area (TPSA) is 89.2 Å². The SMILES string of the molecule is CCn1nccc1C(C)NC(=O)Cn1cc(C(=O)O)c2ccccc21. The van der Waals surface area contributed by atoms with E-state index in [4.69, 9.17) is 0 Å². The van der Waals surface area contributed by atoms with Gasteiger partial charge in [0, 0.05) is 29.8 Å². The van der Waals surface area contributed by atoms with E-state index in [1.54, 1.807) is 22.9 Å². The Hall–Kier alpha value is -3.09. The van der Waals surface area contributed by atoms with Gasteiger partial charge in [-0.05, 0) is 26.0 Å². The number of hydrogen-bond donors (Lipinski definition) is 2. The third kappa shape index (κ3) is 3.26. The van der Waals surface area contributed by atoms with E-state index in [0.717, 1.165) is 17.8 Å². The second kappa shape index (κ2) is 6.80.